The van der Waals surface area contributed by atoms with E-state index in [1.54, 1.807) is 6.92 Å². The maximum atomic E-state index is 11.4. The molecule has 5 heteroatoms. The molecule has 0 amide bonds. The van der Waals surface area contributed by atoms with Crippen molar-refractivity contribution in [3.63, 3.8) is 0 Å². The van der Waals surface area contributed by atoms with Crippen LogP contribution in [0.1, 0.15) is 39.5 Å². The van der Waals surface area contributed by atoms with E-state index in [-0.39, 0.29) is 5.75 Å². The van der Waals surface area contributed by atoms with Gasteiger partial charge in [0.25, 0.3) is 0 Å². The Morgan fingerprint density at radius 3 is 2.61 bits per heavy atom. The van der Waals surface area contributed by atoms with Crippen molar-refractivity contribution in [3.05, 3.63) is 0 Å². The van der Waals surface area contributed by atoms with Crippen LogP contribution in [-0.4, -0.2) is 57.0 Å². The summed E-state index contributed by atoms with van der Waals surface area (Å²) >= 11 is 0. The topological polar surface area (TPSA) is 49.4 Å². The minimum absolute atomic E-state index is 0.267. The first kappa shape index (κ1) is 15.9. The van der Waals surface area contributed by atoms with Crippen molar-refractivity contribution in [3.8, 4) is 0 Å². The molecule has 0 aromatic carbocycles. The van der Waals surface area contributed by atoms with Crippen LogP contribution >= 0.6 is 0 Å². The molecule has 0 aromatic heterocycles. The third-order valence-corrected chi connectivity index (χ3v) is 5.50. The molecule has 1 unspecified atom stereocenters. The zero-order valence-electron chi connectivity index (χ0n) is 11.8. The molecule has 0 spiro atoms. The number of hydrogen-bond donors (Lipinski definition) is 1. The van der Waals surface area contributed by atoms with Crippen LogP contribution < -0.4 is 5.32 Å². The average molecular weight is 276 g/mol. The van der Waals surface area contributed by atoms with Crippen LogP contribution in [-0.2, 0) is 9.84 Å². The lowest BCUT2D eigenvalue weighted by atomic mass is 10.0. The van der Waals surface area contributed by atoms with E-state index in [1.165, 1.54) is 19.3 Å². The SMILES string of the molecule is CCN(CCCS(=O)(=O)CC)CC1CCCCN1. The number of piperidine rings is 1. The normalized spacial score (nSPS) is 21.4. The largest absolute Gasteiger partial charge is 0.313 e. The summed E-state index contributed by atoms with van der Waals surface area (Å²) in [5.41, 5.74) is 0. The Bertz CT molecular complexity index is 311. The summed E-state index contributed by atoms with van der Waals surface area (Å²) < 4.78 is 22.9. The van der Waals surface area contributed by atoms with Gasteiger partial charge in [-0.25, -0.2) is 8.42 Å². The first-order valence-corrected chi connectivity index (χ1v) is 9.05. The Balaban J connectivity index is 2.24. The van der Waals surface area contributed by atoms with Gasteiger partial charge in [-0.2, -0.15) is 0 Å². The second-order valence-electron chi connectivity index (χ2n) is 5.13. The summed E-state index contributed by atoms with van der Waals surface area (Å²) in [5.74, 6) is 0.599. The highest BCUT2D eigenvalue weighted by atomic mass is 32.2. The highest BCUT2D eigenvalue weighted by molar-refractivity contribution is 7.91. The van der Waals surface area contributed by atoms with Crippen molar-refractivity contribution in [1.82, 2.24) is 10.2 Å². The van der Waals surface area contributed by atoms with Gasteiger partial charge in [-0.1, -0.05) is 20.3 Å². The van der Waals surface area contributed by atoms with Crippen LogP contribution in [0.25, 0.3) is 0 Å². The van der Waals surface area contributed by atoms with E-state index >= 15 is 0 Å². The number of sulfone groups is 1. The lowest BCUT2D eigenvalue weighted by molar-refractivity contribution is 0.234. The molecule has 0 radical (unpaired) electrons. The van der Waals surface area contributed by atoms with Crippen molar-refractivity contribution in [1.29, 1.82) is 0 Å². The first-order valence-electron chi connectivity index (χ1n) is 7.23. The first-order chi connectivity index (χ1) is 8.57. The van der Waals surface area contributed by atoms with Crippen molar-refractivity contribution < 1.29 is 8.42 Å². The smallest absolute Gasteiger partial charge is 0.150 e. The Morgan fingerprint density at radius 2 is 2.06 bits per heavy atom. The zero-order chi connectivity index (χ0) is 13.4. The van der Waals surface area contributed by atoms with E-state index in [4.69, 9.17) is 0 Å². The van der Waals surface area contributed by atoms with Gasteiger partial charge < -0.3 is 10.2 Å². The Labute approximate surface area is 112 Å². The molecule has 1 saturated heterocycles. The molecule has 0 saturated carbocycles. The van der Waals surface area contributed by atoms with Crippen molar-refractivity contribution in [2.45, 2.75) is 45.6 Å². The minimum atomic E-state index is -2.80. The van der Waals surface area contributed by atoms with Crippen LogP contribution in [0.4, 0.5) is 0 Å². The molecule has 1 N–H and O–H groups in total. The molecule has 108 valence electrons. The summed E-state index contributed by atoms with van der Waals surface area (Å²) in [5, 5.41) is 3.54. The molecule has 1 atom stereocenters. The van der Waals surface area contributed by atoms with Crippen LogP contribution in [0.3, 0.4) is 0 Å². The predicted molar refractivity (Wildman–Crippen MR) is 76.7 cm³/mol. The average Bonchev–Trinajstić information content (AvgIpc) is 2.38. The van der Waals surface area contributed by atoms with Gasteiger partial charge in [0.15, 0.2) is 0 Å². The second-order valence-corrected chi connectivity index (χ2v) is 7.60. The number of rotatable bonds is 8. The number of hydrogen-bond acceptors (Lipinski definition) is 4. The van der Waals surface area contributed by atoms with Crippen LogP contribution in [0.15, 0.2) is 0 Å². The van der Waals surface area contributed by atoms with Crippen molar-refractivity contribution in [2.24, 2.45) is 0 Å². The van der Waals surface area contributed by atoms with Gasteiger partial charge in [-0.3, -0.25) is 0 Å². The molecule has 0 bridgehead atoms. The monoisotopic (exact) mass is 276 g/mol. The molecule has 1 fully saturated rings. The summed E-state index contributed by atoms with van der Waals surface area (Å²) in [6, 6.07) is 0.599. The van der Waals surface area contributed by atoms with Gasteiger partial charge >= 0.3 is 0 Å². The third-order valence-electron chi connectivity index (χ3n) is 3.71. The number of nitrogens with one attached hydrogen (secondary N) is 1. The molecular formula is C13H28N2O2S. The maximum Gasteiger partial charge on any atom is 0.150 e. The van der Waals surface area contributed by atoms with Gasteiger partial charge in [-0.05, 0) is 38.9 Å². The summed E-state index contributed by atoms with van der Waals surface area (Å²) in [4.78, 5) is 2.37. The lowest BCUT2D eigenvalue weighted by Crippen LogP contribution is -2.44. The second kappa shape index (κ2) is 8.12. The maximum absolute atomic E-state index is 11.4. The molecule has 1 heterocycles. The third kappa shape index (κ3) is 6.16. The predicted octanol–water partition coefficient (Wildman–Crippen LogP) is 1.28. The Kier molecular flexibility index (Phi) is 7.19. The van der Waals surface area contributed by atoms with Crippen LogP contribution in [0, 0.1) is 0 Å². The van der Waals surface area contributed by atoms with E-state index < -0.39 is 9.84 Å². The fourth-order valence-corrected chi connectivity index (χ4v) is 3.28. The van der Waals surface area contributed by atoms with Gasteiger partial charge in [0.2, 0.25) is 0 Å². The molecule has 1 aliphatic heterocycles. The van der Waals surface area contributed by atoms with E-state index in [0.717, 1.165) is 32.6 Å². The fourth-order valence-electron chi connectivity index (χ4n) is 2.42. The molecule has 4 nitrogen and oxygen atoms in total. The van der Waals surface area contributed by atoms with Gasteiger partial charge in [0.05, 0.1) is 5.75 Å². The van der Waals surface area contributed by atoms with E-state index in [1.807, 2.05) is 0 Å². The fraction of sp³-hybridized carbons (Fsp3) is 1.00. The van der Waals surface area contributed by atoms with E-state index in [2.05, 4.69) is 17.1 Å². The summed E-state index contributed by atoms with van der Waals surface area (Å²) in [7, 11) is -2.80. The molecule has 1 rings (SSSR count). The lowest BCUT2D eigenvalue weighted by Gasteiger charge is -2.29. The zero-order valence-corrected chi connectivity index (χ0v) is 12.6. The minimum Gasteiger partial charge on any atom is -0.313 e. The van der Waals surface area contributed by atoms with E-state index in [9.17, 15) is 8.42 Å². The Hall–Kier alpha value is -0.130. The standard InChI is InChI=1S/C13H28N2O2S/c1-3-15(10-7-11-18(16,17)4-2)12-13-8-5-6-9-14-13/h13-14H,3-12H2,1-2H3. The molecule has 0 aliphatic carbocycles. The Morgan fingerprint density at radius 1 is 1.28 bits per heavy atom. The molecule has 18 heavy (non-hydrogen) atoms. The molecule has 0 aromatic rings. The quantitative estimate of drug-likeness (QED) is 0.725. The van der Waals surface area contributed by atoms with Crippen molar-refractivity contribution >= 4 is 9.84 Å². The van der Waals surface area contributed by atoms with Gasteiger partial charge in [0, 0.05) is 18.3 Å². The van der Waals surface area contributed by atoms with Gasteiger partial charge in [-0.15, -0.1) is 0 Å². The van der Waals surface area contributed by atoms with Crippen LogP contribution in [0.5, 0.6) is 0 Å². The van der Waals surface area contributed by atoms with Crippen molar-refractivity contribution in [2.75, 3.05) is 37.7 Å². The highest BCUT2D eigenvalue weighted by Gasteiger charge is 2.16. The van der Waals surface area contributed by atoms with Crippen LogP contribution in [0.2, 0.25) is 0 Å². The summed E-state index contributed by atoms with van der Waals surface area (Å²) in [6.45, 7) is 7.96. The van der Waals surface area contributed by atoms with Gasteiger partial charge in [0.1, 0.15) is 9.84 Å². The highest BCUT2D eigenvalue weighted by Crippen LogP contribution is 2.09. The molecular weight excluding hydrogens is 248 g/mol. The number of nitrogens with zero attached hydrogens (tertiary/aromatic N) is 1. The number of likely N-dealkylation sites (N-methyl/N-ethyl adjacent to an activating group) is 1. The summed E-state index contributed by atoms with van der Waals surface area (Å²) in [6.07, 6.45) is 4.62. The molecule has 1 aliphatic rings. The van der Waals surface area contributed by atoms with E-state index in [0.29, 0.717) is 11.8 Å².